The number of aromatic nitrogens is 1. The van der Waals surface area contributed by atoms with Crippen molar-refractivity contribution in [2.24, 2.45) is 0 Å². The number of thiazole rings is 1. The molecule has 0 aliphatic rings. The van der Waals surface area contributed by atoms with Gasteiger partial charge in [-0.1, -0.05) is 30.3 Å². The van der Waals surface area contributed by atoms with Gasteiger partial charge in [-0.15, -0.1) is 36.6 Å². The first-order chi connectivity index (χ1) is 6.75. The summed E-state index contributed by atoms with van der Waals surface area (Å²) in [6.07, 6.45) is 0.861. The van der Waals surface area contributed by atoms with Crippen molar-refractivity contribution in [3.8, 4) is 0 Å². The van der Waals surface area contributed by atoms with E-state index in [2.05, 4.69) is 42.4 Å². The predicted molar refractivity (Wildman–Crippen MR) is 65.9 cm³/mol. The molecule has 1 aromatic heterocycles. The van der Waals surface area contributed by atoms with E-state index in [4.69, 9.17) is 0 Å². The molecule has 14 heavy (non-hydrogen) atoms. The molecule has 2 rings (SSSR count). The highest BCUT2D eigenvalue weighted by molar-refractivity contribution is 7.85. The average Bonchev–Trinajstić information content (AvgIpc) is 2.47. The van der Waals surface area contributed by atoms with Crippen LogP contribution in [0, 0.1) is 0 Å². The average molecular weight is 239 g/mol. The van der Waals surface area contributed by atoms with Gasteiger partial charge in [0, 0.05) is 6.42 Å². The van der Waals surface area contributed by atoms with Crippen LogP contribution in [0.25, 0.3) is 0 Å². The van der Waals surface area contributed by atoms with Gasteiger partial charge >= 0.3 is 0 Å². The first kappa shape index (κ1) is 10.1. The highest BCUT2D eigenvalue weighted by Crippen LogP contribution is 2.26. The summed E-state index contributed by atoms with van der Waals surface area (Å²) >= 11 is 10.1. The summed E-state index contributed by atoms with van der Waals surface area (Å²) in [5.41, 5.74) is 1.27. The van der Waals surface area contributed by atoms with Gasteiger partial charge in [0.05, 0.1) is 9.22 Å². The van der Waals surface area contributed by atoms with E-state index in [0.29, 0.717) is 0 Å². The fourth-order valence-corrected chi connectivity index (χ4v) is 2.62. The van der Waals surface area contributed by atoms with Gasteiger partial charge in [0.25, 0.3) is 0 Å². The van der Waals surface area contributed by atoms with Crippen LogP contribution in [0.1, 0.15) is 10.6 Å². The molecule has 2 aromatic rings. The van der Waals surface area contributed by atoms with E-state index in [0.717, 1.165) is 20.7 Å². The Kier molecular flexibility index (Phi) is 3.15. The number of hydrogen-bond donors (Lipinski definition) is 2. The van der Waals surface area contributed by atoms with Crippen molar-refractivity contribution in [2.45, 2.75) is 15.7 Å². The summed E-state index contributed by atoms with van der Waals surface area (Å²) in [6.45, 7) is 0. The molecule has 0 saturated carbocycles. The van der Waals surface area contributed by atoms with Crippen molar-refractivity contribution in [3.05, 3.63) is 40.9 Å². The molecule has 4 heteroatoms. The summed E-state index contributed by atoms with van der Waals surface area (Å²) in [5.74, 6) is 0. The SMILES string of the molecule is Sc1nc(Cc2ccccc2)sc1S. The first-order valence-electron chi connectivity index (χ1n) is 4.17. The van der Waals surface area contributed by atoms with Gasteiger partial charge in [0.15, 0.2) is 0 Å². The van der Waals surface area contributed by atoms with Crippen molar-refractivity contribution >= 4 is 36.6 Å². The second-order valence-corrected chi connectivity index (χ2v) is 5.16. The van der Waals surface area contributed by atoms with Crippen LogP contribution in [0.3, 0.4) is 0 Å². The van der Waals surface area contributed by atoms with Crippen LogP contribution in [0.4, 0.5) is 0 Å². The monoisotopic (exact) mass is 239 g/mol. The van der Waals surface area contributed by atoms with Gasteiger partial charge in [-0.2, -0.15) is 0 Å². The molecule has 0 N–H and O–H groups in total. The summed E-state index contributed by atoms with van der Waals surface area (Å²) < 4.78 is 0.888. The minimum Gasteiger partial charge on any atom is -0.234 e. The lowest BCUT2D eigenvalue weighted by Crippen LogP contribution is -1.85. The fourth-order valence-electron chi connectivity index (χ4n) is 1.19. The Morgan fingerprint density at radius 2 is 1.86 bits per heavy atom. The van der Waals surface area contributed by atoms with Gasteiger partial charge < -0.3 is 0 Å². The lowest BCUT2D eigenvalue weighted by atomic mass is 10.2. The van der Waals surface area contributed by atoms with Crippen LogP contribution >= 0.6 is 36.6 Å². The standard InChI is InChI=1S/C10H9NS3/c12-9-10(13)14-8(11-9)6-7-4-2-1-3-5-7/h1-5,12-13H,6H2. The summed E-state index contributed by atoms with van der Waals surface area (Å²) in [6, 6.07) is 10.3. The van der Waals surface area contributed by atoms with E-state index < -0.39 is 0 Å². The van der Waals surface area contributed by atoms with Gasteiger partial charge in [-0.3, -0.25) is 0 Å². The van der Waals surface area contributed by atoms with E-state index in [9.17, 15) is 0 Å². The molecule has 0 fully saturated rings. The fraction of sp³-hybridized carbons (Fsp3) is 0.100. The molecule has 0 bridgehead atoms. The topological polar surface area (TPSA) is 12.9 Å². The lowest BCUT2D eigenvalue weighted by molar-refractivity contribution is 1.05. The van der Waals surface area contributed by atoms with Crippen LogP contribution in [-0.4, -0.2) is 4.98 Å². The Morgan fingerprint density at radius 1 is 1.14 bits per heavy atom. The molecule has 0 unspecified atom stereocenters. The zero-order valence-corrected chi connectivity index (χ0v) is 9.95. The van der Waals surface area contributed by atoms with Crippen molar-refractivity contribution < 1.29 is 0 Å². The smallest absolute Gasteiger partial charge is 0.118 e. The third kappa shape index (κ3) is 2.32. The third-order valence-corrected chi connectivity index (χ3v) is 3.83. The summed E-state index contributed by atoms with van der Waals surface area (Å²) in [7, 11) is 0. The molecule has 0 radical (unpaired) electrons. The molecule has 0 atom stereocenters. The molecule has 0 saturated heterocycles. The largest absolute Gasteiger partial charge is 0.234 e. The Labute approximate surface area is 98.0 Å². The van der Waals surface area contributed by atoms with E-state index in [-0.39, 0.29) is 0 Å². The van der Waals surface area contributed by atoms with E-state index >= 15 is 0 Å². The van der Waals surface area contributed by atoms with Crippen molar-refractivity contribution in [3.63, 3.8) is 0 Å². The molecule has 1 aromatic carbocycles. The Balaban J connectivity index is 2.19. The van der Waals surface area contributed by atoms with E-state index in [1.54, 1.807) is 11.3 Å². The van der Waals surface area contributed by atoms with Gasteiger partial charge in [-0.25, -0.2) is 4.98 Å². The van der Waals surface area contributed by atoms with Crippen LogP contribution in [-0.2, 0) is 6.42 Å². The highest BCUT2D eigenvalue weighted by atomic mass is 32.2. The molecule has 72 valence electrons. The van der Waals surface area contributed by atoms with Gasteiger partial charge in [-0.05, 0) is 5.56 Å². The number of benzene rings is 1. The van der Waals surface area contributed by atoms with Gasteiger partial charge in [0.1, 0.15) is 5.03 Å². The van der Waals surface area contributed by atoms with Crippen LogP contribution in [0.15, 0.2) is 39.6 Å². The quantitative estimate of drug-likeness (QED) is 0.767. The summed E-state index contributed by atoms with van der Waals surface area (Å²) in [4.78, 5) is 4.31. The number of nitrogens with zero attached hydrogens (tertiary/aromatic N) is 1. The number of hydrogen-bond acceptors (Lipinski definition) is 4. The highest BCUT2D eigenvalue weighted by Gasteiger charge is 2.05. The Hall–Kier alpha value is -0.450. The maximum Gasteiger partial charge on any atom is 0.118 e. The molecule has 0 aliphatic heterocycles. The predicted octanol–water partition coefficient (Wildman–Crippen LogP) is 3.31. The number of rotatable bonds is 2. The van der Waals surface area contributed by atoms with E-state index in [1.807, 2.05) is 18.2 Å². The first-order valence-corrected chi connectivity index (χ1v) is 5.88. The van der Waals surface area contributed by atoms with Crippen molar-refractivity contribution in [1.82, 2.24) is 4.98 Å². The Morgan fingerprint density at radius 3 is 2.43 bits per heavy atom. The molecule has 0 amide bonds. The summed E-state index contributed by atoms with van der Waals surface area (Å²) in [5, 5.41) is 1.79. The Bertz CT molecular complexity index is 403. The van der Waals surface area contributed by atoms with Crippen molar-refractivity contribution in [2.75, 3.05) is 0 Å². The minimum atomic E-state index is 0.726. The molecule has 1 nitrogen and oxygen atoms in total. The zero-order valence-electron chi connectivity index (χ0n) is 7.34. The molecular formula is C10H9NS3. The van der Waals surface area contributed by atoms with Crippen LogP contribution in [0.5, 0.6) is 0 Å². The molecule has 0 spiro atoms. The van der Waals surface area contributed by atoms with Crippen LogP contribution < -0.4 is 0 Å². The van der Waals surface area contributed by atoms with Gasteiger partial charge in [0.2, 0.25) is 0 Å². The molecule has 0 aliphatic carbocycles. The normalized spacial score (nSPS) is 10.4. The lowest BCUT2D eigenvalue weighted by Gasteiger charge is -1.95. The second-order valence-electron chi connectivity index (χ2n) is 2.90. The molecule has 1 heterocycles. The minimum absolute atomic E-state index is 0.726. The number of thiol groups is 2. The maximum absolute atomic E-state index is 4.31. The third-order valence-electron chi connectivity index (χ3n) is 1.83. The maximum atomic E-state index is 4.31. The second kappa shape index (κ2) is 4.38. The zero-order chi connectivity index (χ0) is 9.97. The van der Waals surface area contributed by atoms with Crippen LogP contribution in [0.2, 0.25) is 0 Å². The molecular weight excluding hydrogens is 230 g/mol. The van der Waals surface area contributed by atoms with Crippen molar-refractivity contribution in [1.29, 1.82) is 0 Å². The van der Waals surface area contributed by atoms with E-state index in [1.165, 1.54) is 5.56 Å².